The summed E-state index contributed by atoms with van der Waals surface area (Å²) in [5.74, 6) is -1.58. The number of rotatable bonds is 8. The first-order chi connectivity index (χ1) is 17.3. The van der Waals surface area contributed by atoms with Crippen molar-refractivity contribution in [2.75, 3.05) is 6.61 Å². The lowest BCUT2D eigenvalue weighted by atomic mass is 10.0. The Bertz CT molecular complexity index is 1500. The van der Waals surface area contributed by atoms with Crippen molar-refractivity contribution in [1.82, 2.24) is 24.3 Å². The molecule has 8 nitrogen and oxygen atoms in total. The van der Waals surface area contributed by atoms with Gasteiger partial charge >= 0.3 is 6.18 Å². The van der Waals surface area contributed by atoms with Gasteiger partial charge in [-0.05, 0) is 38.5 Å². The molecule has 0 saturated heterocycles. The zero-order chi connectivity index (χ0) is 27.1. The molecule has 0 unspecified atom stereocenters. The molecule has 1 N–H and O–H groups in total. The van der Waals surface area contributed by atoms with Crippen LogP contribution < -0.4 is 0 Å². The van der Waals surface area contributed by atoms with Gasteiger partial charge in [0.1, 0.15) is 6.54 Å². The second-order valence-electron chi connectivity index (χ2n) is 9.35. The standard InChI is InChI=1S/C25H23F4N5O3/c1-14-4-21(25(27,28)29)32-34(14)11-17(36)6-15-5-16(8-30-7-15)23(37)19-12-33(24(2,3)13-35)22-18(19)9-31-10-20(22)26/h4-5,7-10,12,35H,6,11,13H2,1-3H3. The molecular formula is C25H23F4N5O3. The van der Waals surface area contributed by atoms with Gasteiger partial charge < -0.3 is 9.67 Å². The fraction of sp³-hybridized carbons (Fsp3) is 0.320. The minimum atomic E-state index is -4.62. The molecule has 4 aromatic rings. The third-order valence-corrected chi connectivity index (χ3v) is 6.00. The van der Waals surface area contributed by atoms with Crippen molar-refractivity contribution in [3.05, 3.63) is 77.0 Å². The van der Waals surface area contributed by atoms with E-state index in [-0.39, 0.29) is 47.3 Å². The highest BCUT2D eigenvalue weighted by atomic mass is 19.4. The molecule has 4 aromatic heterocycles. The Morgan fingerprint density at radius 1 is 1.05 bits per heavy atom. The van der Waals surface area contributed by atoms with Crippen LogP contribution in [0.25, 0.3) is 10.9 Å². The number of hydrogen-bond acceptors (Lipinski definition) is 6. The summed E-state index contributed by atoms with van der Waals surface area (Å²) in [7, 11) is 0. The number of aryl methyl sites for hydroxylation is 1. The van der Waals surface area contributed by atoms with Crippen LogP contribution in [-0.2, 0) is 29.5 Å². The molecule has 12 heteroatoms. The number of Topliss-reactive ketones (excluding diaryl/α,β-unsaturated/α-hetero) is 1. The van der Waals surface area contributed by atoms with Gasteiger partial charge in [-0.1, -0.05) is 0 Å². The topological polar surface area (TPSA) is 103 Å². The summed E-state index contributed by atoms with van der Waals surface area (Å²) in [6, 6.07) is 2.32. The van der Waals surface area contributed by atoms with Gasteiger partial charge in [-0.2, -0.15) is 18.3 Å². The number of hydrogen-bond donors (Lipinski definition) is 1. The molecular weight excluding hydrogens is 494 g/mol. The van der Waals surface area contributed by atoms with E-state index in [9.17, 15) is 32.3 Å². The number of nitrogens with zero attached hydrogens (tertiary/aromatic N) is 5. The van der Waals surface area contributed by atoms with Crippen LogP contribution in [-0.4, -0.2) is 47.6 Å². The van der Waals surface area contributed by atoms with Gasteiger partial charge in [0.2, 0.25) is 0 Å². The number of aromatic nitrogens is 5. The van der Waals surface area contributed by atoms with Crippen LogP contribution in [0.2, 0.25) is 0 Å². The molecule has 4 heterocycles. The summed E-state index contributed by atoms with van der Waals surface area (Å²) in [6.45, 7) is 4.10. The van der Waals surface area contributed by atoms with E-state index in [4.69, 9.17) is 0 Å². The number of ketones is 2. The van der Waals surface area contributed by atoms with Crippen LogP contribution in [0.4, 0.5) is 17.6 Å². The lowest BCUT2D eigenvalue weighted by Crippen LogP contribution is -2.30. The SMILES string of the molecule is Cc1cc(C(F)(F)F)nn1CC(=O)Cc1cncc(C(=O)c2cn(C(C)(C)CO)c3c(F)cncc23)c1. The van der Waals surface area contributed by atoms with Crippen molar-refractivity contribution < 1.29 is 32.3 Å². The van der Waals surface area contributed by atoms with Crippen LogP contribution in [0, 0.1) is 12.7 Å². The number of fused-ring (bicyclic) bond motifs is 1. The average molecular weight is 517 g/mol. The van der Waals surface area contributed by atoms with Crippen LogP contribution in [0.5, 0.6) is 0 Å². The van der Waals surface area contributed by atoms with Crippen LogP contribution in [0.3, 0.4) is 0 Å². The van der Waals surface area contributed by atoms with E-state index < -0.39 is 34.8 Å². The molecule has 0 aliphatic carbocycles. The van der Waals surface area contributed by atoms with Crippen molar-refractivity contribution in [2.24, 2.45) is 0 Å². The minimum absolute atomic E-state index is 0.115. The zero-order valence-corrected chi connectivity index (χ0v) is 20.2. The monoisotopic (exact) mass is 517 g/mol. The van der Waals surface area contributed by atoms with Crippen LogP contribution in [0.15, 0.2) is 43.1 Å². The van der Waals surface area contributed by atoms with E-state index in [1.54, 1.807) is 13.8 Å². The lowest BCUT2D eigenvalue weighted by molar-refractivity contribution is -0.141. The molecule has 0 aliphatic rings. The van der Waals surface area contributed by atoms with Crippen molar-refractivity contribution in [3.8, 4) is 0 Å². The first-order valence-corrected chi connectivity index (χ1v) is 11.2. The Morgan fingerprint density at radius 2 is 1.76 bits per heavy atom. The molecule has 0 aliphatic heterocycles. The minimum Gasteiger partial charge on any atom is -0.394 e. The first-order valence-electron chi connectivity index (χ1n) is 11.2. The van der Waals surface area contributed by atoms with Crippen molar-refractivity contribution in [2.45, 2.75) is 45.5 Å². The van der Waals surface area contributed by atoms with E-state index in [1.165, 1.54) is 42.3 Å². The fourth-order valence-electron chi connectivity index (χ4n) is 3.99. The molecule has 4 rings (SSSR count). The number of aliphatic hydroxyl groups is 1. The molecule has 0 radical (unpaired) electrons. The number of aliphatic hydroxyl groups excluding tert-OH is 1. The predicted molar refractivity (Wildman–Crippen MR) is 124 cm³/mol. The number of carbonyl (C=O) groups is 2. The number of halogens is 4. The summed E-state index contributed by atoms with van der Waals surface area (Å²) < 4.78 is 55.8. The van der Waals surface area contributed by atoms with E-state index >= 15 is 0 Å². The van der Waals surface area contributed by atoms with Gasteiger partial charge in [-0.25, -0.2) is 4.39 Å². The highest BCUT2D eigenvalue weighted by molar-refractivity contribution is 6.16. The van der Waals surface area contributed by atoms with Gasteiger partial charge in [-0.3, -0.25) is 24.2 Å². The molecule has 0 saturated carbocycles. The van der Waals surface area contributed by atoms with Crippen LogP contribution in [0.1, 0.15) is 46.7 Å². The van der Waals surface area contributed by atoms with E-state index in [1.807, 2.05) is 0 Å². The van der Waals surface area contributed by atoms with E-state index in [0.717, 1.165) is 16.9 Å². The third-order valence-electron chi connectivity index (χ3n) is 6.00. The highest BCUT2D eigenvalue weighted by Gasteiger charge is 2.34. The summed E-state index contributed by atoms with van der Waals surface area (Å²) in [6.07, 6.45) is 1.70. The van der Waals surface area contributed by atoms with Gasteiger partial charge in [0.05, 0.1) is 23.9 Å². The quantitative estimate of drug-likeness (QED) is 0.281. The normalized spacial score (nSPS) is 12.3. The van der Waals surface area contributed by atoms with Gasteiger partial charge in [0, 0.05) is 53.4 Å². The Morgan fingerprint density at radius 3 is 2.41 bits per heavy atom. The third kappa shape index (κ3) is 5.15. The summed E-state index contributed by atoms with van der Waals surface area (Å²) >= 11 is 0. The molecule has 194 valence electrons. The largest absolute Gasteiger partial charge is 0.435 e. The maximum atomic E-state index is 14.7. The Hall–Kier alpha value is -3.93. The summed E-state index contributed by atoms with van der Waals surface area (Å²) in [4.78, 5) is 33.9. The van der Waals surface area contributed by atoms with Gasteiger partial charge in [0.25, 0.3) is 0 Å². The van der Waals surface area contributed by atoms with Gasteiger partial charge in [0.15, 0.2) is 23.1 Å². The molecule has 0 fully saturated rings. The number of pyridine rings is 2. The molecule has 37 heavy (non-hydrogen) atoms. The van der Waals surface area contributed by atoms with Crippen molar-refractivity contribution in [1.29, 1.82) is 0 Å². The summed E-state index contributed by atoms with van der Waals surface area (Å²) in [5.41, 5.74) is -1.05. The number of alkyl halides is 3. The van der Waals surface area contributed by atoms with E-state index in [0.29, 0.717) is 5.56 Å². The zero-order valence-electron chi connectivity index (χ0n) is 20.2. The number of carbonyl (C=O) groups excluding carboxylic acids is 2. The Labute approximate surface area is 208 Å². The first kappa shape index (κ1) is 26.1. The Balaban J connectivity index is 1.60. The van der Waals surface area contributed by atoms with Crippen LogP contribution >= 0.6 is 0 Å². The molecule has 0 aromatic carbocycles. The van der Waals surface area contributed by atoms with Crippen molar-refractivity contribution in [3.63, 3.8) is 0 Å². The molecule has 0 spiro atoms. The van der Waals surface area contributed by atoms with Crippen molar-refractivity contribution >= 4 is 22.5 Å². The summed E-state index contributed by atoms with van der Waals surface area (Å²) in [5, 5.41) is 13.5. The second kappa shape index (κ2) is 9.51. The second-order valence-corrected chi connectivity index (χ2v) is 9.35. The lowest BCUT2D eigenvalue weighted by Gasteiger charge is -2.25. The van der Waals surface area contributed by atoms with Gasteiger partial charge in [-0.15, -0.1) is 0 Å². The smallest absolute Gasteiger partial charge is 0.394 e. The predicted octanol–water partition coefficient (Wildman–Crippen LogP) is 3.86. The fourth-order valence-corrected chi connectivity index (χ4v) is 3.99. The maximum absolute atomic E-state index is 14.7. The Kier molecular flexibility index (Phi) is 6.72. The highest BCUT2D eigenvalue weighted by Crippen LogP contribution is 2.31. The molecule has 0 bridgehead atoms. The average Bonchev–Trinajstić information content (AvgIpc) is 3.41. The van der Waals surface area contributed by atoms with E-state index in [2.05, 4.69) is 15.1 Å². The molecule has 0 atom stereocenters. The molecule has 0 amide bonds. The maximum Gasteiger partial charge on any atom is 0.435 e.